The van der Waals surface area contributed by atoms with Crippen LogP contribution in [0.4, 0.5) is 11.6 Å². The Kier molecular flexibility index (Phi) is 7.91. The third-order valence-electron chi connectivity index (χ3n) is 10.0. The highest BCUT2D eigenvalue weighted by Crippen LogP contribution is 2.53. The first-order chi connectivity index (χ1) is 21.5. The second-order valence-corrected chi connectivity index (χ2v) is 12.8. The van der Waals surface area contributed by atoms with Gasteiger partial charge in [0, 0.05) is 29.8 Å². The normalized spacial score (nSPS) is 23.6. The van der Waals surface area contributed by atoms with Gasteiger partial charge in [0.2, 0.25) is 11.4 Å². The Morgan fingerprint density at radius 1 is 0.955 bits per heavy atom. The van der Waals surface area contributed by atoms with Gasteiger partial charge in [0.1, 0.15) is 5.56 Å². The van der Waals surface area contributed by atoms with Gasteiger partial charge in [0.15, 0.2) is 5.65 Å². The third-order valence-corrected chi connectivity index (χ3v) is 10.0. The van der Waals surface area contributed by atoms with Crippen LogP contribution in [0.25, 0.3) is 16.7 Å². The van der Waals surface area contributed by atoms with E-state index in [1.165, 1.54) is 62.7 Å². The van der Waals surface area contributed by atoms with Crippen LogP contribution in [-0.4, -0.2) is 40.1 Å². The van der Waals surface area contributed by atoms with Crippen molar-refractivity contribution in [3.05, 3.63) is 87.8 Å². The molecule has 4 aromatic rings. The van der Waals surface area contributed by atoms with Crippen LogP contribution in [-0.2, 0) is 17.7 Å². The van der Waals surface area contributed by atoms with Crippen LogP contribution in [0.5, 0.6) is 0 Å². The summed E-state index contributed by atoms with van der Waals surface area (Å²) in [5.74, 6) is 3.51. The maximum atomic E-state index is 13.3. The molecule has 4 bridgehead atoms. The van der Waals surface area contributed by atoms with Crippen molar-refractivity contribution < 1.29 is 9.63 Å². The highest BCUT2D eigenvalue weighted by Gasteiger charge is 2.47. The highest BCUT2D eigenvalue weighted by molar-refractivity contribution is 5.96. The summed E-state index contributed by atoms with van der Waals surface area (Å²) in [5.41, 5.74) is 6.23. The Labute approximate surface area is 257 Å². The van der Waals surface area contributed by atoms with Crippen LogP contribution in [0.2, 0.25) is 0 Å². The SMILES string of the molecule is CCc1ccc(-n2cc(C(=O)NOC)c(=O)c3cnc(Nc4ccc(CCNC5C6CC7CC(C6)CC5C7)cc4)nc32)cc1. The van der Waals surface area contributed by atoms with Gasteiger partial charge in [-0.15, -0.1) is 0 Å². The second kappa shape index (κ2) is 12.1. The van der Waals surface area contributed by atoms with Crippen LogP contribution >= 0.6 is 0 Å². The average Bonchev–Trinajstić information content (AvgIpc) is 3.03. The van der Waals surface area contributed by atoms with Crippen LogP contribution in [0.3, 0.4) is 0 Å². The predicted molar refractivity (Wildman–Crippen MR) is 171 cm³/mol. The van der Waals surface area contributed by atoms with E-state index in [0.29, 0.717) is 17.6 Å². The molecular weight excluding hydrogens is 552 g/mol. The van der Waals surface area contributed by atoms with E-state index in [4.69, 9.17) is 9.82 Å². The van der Waals surface area contributed by atoms with Gasteiger partial charge < -0.3 is 15.2 Å². The van der Waals surface area contributed by atoms with Crippen LogP contribution in [0.1, 0.15) is 60.5 Å². The first-order valence-corrected chi connectivity index (χ1v) is 15.9. The Balaban J connectivity index is 1.08. The Morgan fingerprint density at radius 2 is 1.64 bits per heavy atom. The lowest BCUT2D eigenvalue weighted by Crippen LogP contribution is -2.54. The third kappa shape index (κ3) is 5.62. The summed E-state index contributed by atoms with van der Waals surface area (Å²) in [6.45, 7) is 3.10. The van der Waals surface area contributed by atoms with E-state index in [1.54, 1.807) is 4.57 Å². The lowest BCUT2D eigenvalue weighted by Gasteiger charge is -2.54. The number of aryl methyl sites for hydroxylation is 1. The van der Waals surface area contributed by atoms with E-state index in [-0.39, 0.29) is 10.9 Å². The van der Waals surface area contributed by atoms with Crippen LogP contribution in [0.15, 0.2) is 65.7 Å². The minimum absolute atomic E-state index is 0.0587. The number of hydrogen-bond acceptors (Lipinski definition) is 7. The fraction of sp³-hybridized carbons (Fsp3) is 0.429. The molecule has 2 aromatic carbocycles. The van der Waals surface area contributed by atoms with Crippen molar-refractivity contribution in [3.63, 3.8) is 0 Å². The van der Waals surface area contributed by atoms with Crippen molar-refractivity contribution in [2.45, 2.75) is 57.9 Å². The van der Waals surface area contributed by atoms with E-state index in [0.717, 1.165) is 54.4 Å². The molecule has 44 heavy (non-hydrogen) atoms. The quantitative estimate of drug-likeness (QED) is 0.213. The van der Waals surface area contributed by atoms with Gasteiger partial charge in [-0.3, -0.25) is 14.4 Å². The number of nitrogens with zero attached hydrogens (tertiary/aromatic N) is 3. The first-order valence-electron chi connectivity index (χ1n) is 15.9. The lowest BCUT2D eigenvalue weighted by atomic mass is 9.54. The number of pyridine rings is 1. The number of anilines is 2. The molecular formula is C35H40N6O3. The molecule has 0 saturated heterocycles. The number of carbonyl (C=O) groups is 1. The lowest BCUT2D eigenvalue weighted by molar-refractivity contribution is -0.0133. The molecule has 0 atom stereocenters. The monoisotopic (exact) mass is 592 g/mol. The summed E-state index contributed by atoms with van der Waals surface area (Å²) >= 11 is 0. The molecule has 2 heterocycles. The topological polar surface area (TPSA) is 110 Å². The maximum absolute atomic E-state index is 13.3. The first kappa shape index (κ1) is 28.7. The van der Waals surface area contributed by atoms with E-state index >= 15 is 0 Å². The summed E-state index contributed by atoms with van der Waals surface area (Å²) in [7, 11) is 1.33. The largest absolute Gasteiger partial charge is 0.324 e. The van der Waals surface area contributed by atoms with Gasteiger partial charge in [0.05, 0.1) is 12.5 Å². The van der Waals surface area contributed by atoms with Gasteiger partial charge in [-0.05, 0) is 111 Å². The van der Waals surface area contributed by atoms with Gasteiger partial charge in [-0.2, -0.15) is 4.98 Å². The minimum Gasteiger partial charge on any atom is -0.324 e. The number of hydroxylamine groups is 1. The molecule has 4 aliphatic rings. The zero-order chi connectivity index (χ0) is 30.2. The number of fused-ring (bicyclic) bond motifs is 1. The molecule has 0 spiro atoms. The highest BCUT2D eigenvalue weighted by atomic mass is 16.6. The van der Waals surface area contributed by atoms with E-state index in [1.807, 2.05) is 36.4 Å². The summed E-state index contributed by atoms with van der Waals surface area (Å²) in [6.07, 6.45) is 12.1. The Hall–Kier alpha value is -4.08. The molecule has 9 nitrogen and oxygen atoms in total. The minimum atomic E-state index is -0.631. The molecule has 4 aliphatic carbocycles. The molecule has 2 aromatic heterocycles. The summed E-state index contributed by atoms with van der Waals surface area (Å²) in [5, 5.41) is 7.46. The van der Waals surface area contributed by atoms with Crippen molar-refractivity contribution in [3.8, 4) is 5.69 Å². The maximum Gasteiger partial charge on any atom is 0.280 e. The fourth-order valence-corrected chi connectivity index (χ4v) is 8.09. The van der Waals surface area contributed by atoms with E-state index < -0.39 is 11.3 Å². The molecule has 4 saturated carbocycles. The number of hydrogen-bond donors (Lipinski definition) is 3. The number of carbonyl (C=O) groups excluding carboxylic acids is 1. The van der Waals surface area contributed by atoms with Crippen molar-refractivity contribution in [1.82, 2.24) is 25.3 Å². The summed E-state index contributed by atoms with van der Waals surface area (Å²) in [4.78, 5) is 39.8. The van der Waals surface area contributed by atoms with Crippen molar-refractivity contribution >= 4 is 28.6 Å². The number of nitrogens with one attached hydrogen (secondary N) is 3. The molecule has 4 fully saturated rings. The zero-order valence-electron chi connectivity index (χ0n) is 25.4. The summed E-state index contributed by atoms with van der Waals surface area (Å²) in [6, 6.07) is 17.0. The van der Waals surface area contributed by atoms with E-state index in [2.05, 4.69) is 40.2 Å². The Morgan fingerprint density at radius 3 is 2.30 bits per heavy atom. The number of amides is 1. The van der Waals surface area contributed by atoms with Crippen LogP contribution in [0, 0.1) is 23.7 Å². The fourth-order valence-electron chi connectivity index (χ4n) is 8.09. The number of benzene rings is 2. The zero-order valence-corrected chi connectivity index (χ0v) is 25.4. The molecule has 228 valence electrons. The van der Waals surface area contributed by atoms with Gasteiger partial charge in [-0.1, -0.05) is 31.2 Å². The predicted octanol–water partition coefficient (Wildman–Crippen LogP) is 5.33. The summed E-state index contributed by atoms with van der Waals surface area (Å²) < 4.78 is 1.74. The number of rotatable bonds is 10. The van der Waals surface area contributed by atoms with Gasteiger partial charge >= 0.3 is 0 Å². The molecule has 3 N–H and O–H groups in total. The average molecular weight is 593 g/mol. The molecule has 9 heteroatoms. The molecule has 0 unspecified atom stereocenters. The van der Waals surface area contributed by atoms with Crippen molar-refractivity contribution in [2.24, 2.45) is 23.7 Å². The standard InChI is InChI=1S/C35H40N6O3/c1-3-21-6-10-28(11-7-21)41-20-30(34(43)40-44-2)32(42)29-19-37-35(39-33(29)41)38-27-8-4-22(5-9-27)12-13-36-31-25-15-23-14-24(17-25)18-26(31)16-23/h4-11,19-20,23-26,31,36H,3,12-18H2,1-2H3,(H,40,43)(H,37,38,39). The molecule has 0 aliphatic heterocycles. The Bertz CT molecular complexity index is 1690. The van der Waals surface area contributed by atoms with Gasteiger partial charge in [0.25, 0.3) is 5.91 Å². The second-order valence-electron chi connectivity index (χ2n) is 12.8. The van der Waals surface area contributed by atoms with Crippen LogP contribution < -0.4 is 21.5 Å². The van der Waals surface area contributed by atoms with Crippen molar-refractivity contribution in [1.29, 1.82) is 0 Å². The molecule has 8 rings (SSSR count). The molecule has 0 radical (unpaired) electrons. The van der Waals surface area contributed by atoms with E-state index in [9.17, 15) is 9.59 Å². The van der Waals surface area contributed by atoms with Crippen molar-refractivity contribution in [2.75, 3.05) is 19.0 Å². The molecule has 1 amide bonds. The smallest absolute Gasteiger partial charge is 0.280 e. The number of aromatic nitrogens is 3. The van der Waals surface area contributed by atoms with Gasteiger partial charge in [-0.25, -0.2) is 10.5 Å².